The molecule has 19 heavy (non-hydrogen) atoms. The number of aliphatic hydroxyl groups excluding tert-OH is 1. The molecule has 0 aliphatic heterocycles. The Balaban J connectivity index is 2.06. The van der Waals surface area contributed by atoms with Gasteiger partial charge in [-0.25, -0.2) is 4.39 Å². The van der Waals surface area contributed by atoms with Gasteiger partial charge in [0.25, 0.3) is 0 Å². The van der Waals surface area contributed by atoms with Crippen molar-refractivity contribution in [3.63, 3.8) is 0 Å². The molecule has 5 heteroatoms. The maximum Gasteiger partial charge on any atom is 0.247 e. The molecule has 0 saturated heterocycles. The molecule has 2 rings (SSSR count). The molecule has 0 radical (unpaired) electrons. The van der Waals surface area contributed by atoms with Crippen molar-refractivity contribution in [1.82, 2.24) is 4.98 Å². The van der Waals surface area contributed by atoms with Crippen molar-refractivity contribution < 1.29 is 9.50 Å². The highest BCUT2D eigenvalue weighted by atomic mass is 19.1. The molecule has 1 atom stereocenters. The van der Waals surface area contributed by atoms with Crippen LogP contribution in [0.15, 0.2) is 47.4 Å². The van der Waals surface area contributed by atoms with Gasteiger partial charge in [-0.3, -0.25) is 4.79 Å². The second-order valence-corrected chi connectivity index (χ2v) is 4.21. The predicted octanol–water partition coefficient (Wildman–Crippen LogP) is 1.78. The van der Waals surface area contributed by atoms with Crippen molar-refractivity contribution in [1.29, 1.82) is 0 Å². The molecule has 0 bridgehead atoms. The first-order valence-corrected chi connectivity index (χ1v) is 5.96. The molecular weight excluding hydrogens is 247 g/mol. The fourth-order valence-corrected chi connectivity index (χ4v) is 1.66. The van der Waals surface area contributed by atoms with Crippen molar-refractivity contribution >= 4 is 5.69 Å². The van der Waals surface area contributed by atoms with Crippen molar-refractivity contribution in [2.24, 2.45) is 0 Å². The molecule has 0 amide bonds. The molecule has 4 nitrogen and oxygen atoms in total. The van der Waals surface area contributed by atoms with Crippen LogP contribution < -0.4 is 10.9 Å². The number of benzene rings is 1. The molecule has 0 fully saturated rings. The van der Waals surface area contributed by atoms with Crippen molar-refractivity contribution in [2.45, 2.75) is 6.10 Å². The van der Waals surface area contributed by atoms with E-state index in [1.165, 1.54) is 6.07 Å². The van der Waals surface area contributed by atoms with E-state index in [9.17, 15) is 9.18 Å². The maximum absolute atomic E-state index is 12.1. The summed E-state index contributed by atoms with van der Waals surface area (Å²) < 4.78 is 12.1. The minimum Gasteiger partial charge on any atom is -0.389 e. The predicted molar refractivity (Wildman–Crippen MR) is 73.0 cm³/mol. The molecule has 0 spiro atoms. The fourth-order valence-electron chi connectivity index (χ4n) is 1.66. The number of aromatic amines is 1. The van der Waals surface area contributed by atoms with Crippen LogP contribution >= 0.6 is 0 Å². The van der Waals surface area contributed by atoms with E-state index < -0.39 is 12.8 Å². The van der Waals surface area contributed by atoms with E-state index in [0.717, 1.165) is 16.8 Å². The molecule has 0 aliphatic carbocycles. The van der Waals surface area contributed by atoms with Gasteiger partial charge < -0.3 is 15.4 Å². The van der Waals surface area contributed by atoms with Crippen LogP contribution in [0.25, 0.3) is 11.1 Å². The average Bonchev–Trinajstić information content (AvgIpc) is 2.46. The Labute approximate surface area is 109 Å². The van der Waals surface area contributed by atoms with Gasteiger partial charge in [0.05, 0.1) is 6.10 Å². The molecule has 1 unspecified atom stereocenters. The van der Waals surface area contributed by atoms with Crippen LogP contribution in [-0.4, -0.2) is 29.4 Å². The lowest BCUT2D eigenvalue weighted by Gasteiger charge is -2.10. The quantitative estimate of drug-likeness (QED) is 0.769. The lowest BCUT2D eigenvalue weighted by Crippen LogP contribution is -2.21. The van der Waals surface area contributed by atoms with Crippen molar-refractivity contribution in [3.8, 4) is 11.1 Å². The molecule has 1 heterocycles. The van der Waals surface area contributed by atoms with E-state index in [1.807, 2.05) is 24.3 Å². The van der Waals surface area contributed by atoms with Gasteiger partial charge in [0.2, 0.25) is 5.56 Å². The van der Waals surface area contributed by atoms with Gasteiger partial charge in [-0.1, -0.05) is 12.1 Å². The monoisotopic (exact) mass is 262 g/mol. The SMILES string of the molecule is O=c1ccc(-c2ccc(NCC(O)CF)cc2)c[nH]1. The fraction of sp³-hybridized carbons (Fsp3) is 0.214. The zero-order valence-electron chi connectivity index (χ0n) is 10.3. The van der Waals surface area contributed by atoms with Gasteiger partial charge in [-0.05, 0) is 29.3 Å². The highest BCUT2D eigenvalue weighted by Crippen LogP contribution is 2.19. The van der Waals surface area contributed by atoms with Crippen LogP contribution in [0.2, 0.25) is 0 Å². The Morgan fingerprint density at radius 2 is 1.84 bits per heavy atom. The Morgan fingerprint density at radius 3 is 2.42 bits per heavy atom. The minimum absolute atomic E-state index is 0.137. The summed E-state index contributed by atoms with van der Waals surface area (Å²) in [5, 5.41) is 12.0. The summed E-state index contributed by atoms with van der Waals surface area (Å²) in [6.45, 7) is -0.586. The lowest BCUT2D eigenvalue weighted by molar-refractivity contribution is 0.151. The third kappa shape index (κ3) is 3.66. The number of pyridine rings is 1. The van der Waals surface area contributed by atoms with Crippen LogP contribution in [0, 0.1) is 0 Å². The number of nitrogens with one attached hydrogen (secondary N) is 2. The lowest BCUT2D eigenvalue weighted by atomic mass is 10.1. The summed E-state index contributed by atoms with van der Waals surface area (Å²) in [5.41, 5.74) is 2.55. The summed E-state index contributed by atoms with van der Waals surface area (Å²) >= 11 is 0. The van der Waals surface area contributed by atoms with Crippen LogP contribution in [0.5, 0.6) is 0 Å². The molecule has 0 saturated carbocycles. The normalized spacial score (nSPS) is 12.1. The third-order valence-electron chi connectivity index (χ3n) is 2.72. The Bertz CT molecular complexity index is 560. The zero-order chi connectivity index (χ0) is 13.7. The second kappa shape index (κ2) is 6.15. The van der Waals surface area contributed by atoms with Crippen LogP contribution in [-0.2, 0) is 0 Å². The largest absolute Gasteiger partial charge is 0.389 e. The first-order chi connectivity index (χ1) is 9.19. The zero-order valence-corrected chi connectivity index (χ0v) is 10.3. The van der Waals surface area contributed by atoms with Gasteiger partial charge in [0.15, 0.2) is 0 Å². The van der Waals surface area contributed by atoms with E-state index in [0.29, 0.717) is 0 Å². The van der Waals surface area contributed by atoms with Gasteiger partial charge in [-0.15, -0.1) is 0 Å². The second-order valence-electron chi connectivity index (χ2n) is 4.21. The summed E-state index contributed by atoms with van der Waals surface area (Å²) in [5.74, 6) is 0. The number of halogens is 1. The molecule has 3 N–H and O–H groups in total. The van der Waals surface area contributed by atoms with Crippen LogP contribution in [0.3, 0.4) is 0 Å². The number of anilines is 1. The number of rotatable bonds is 5. The van der Waals surface area contributed by atoms with E-state index in [1.54, 1.807) is 12.3 Å². The van der Waals surface area contributed by atoms with Gasteiger partial charge in [0.1, 0.15) is 6.67 Å². The number of H-pyrrole nitrogens is 1. The summed E-state index contributed by atoms with van der Waals surface area (Å²) in [6.07, 6.45) is 0.663. The summed E-state index contributed by atoms with van der Waals surface area (Å²) in [7, 11) is 0. The Hall–Kier alpha value is -2.14. The number of hydrogen-bond donors (Lipinski definition) is 3. The minimum atomic E-state index is -0.987. The number of aromatic nitrogens is 1. The number of hydrogen-bond acceptors (Lipinski definition) is 3. The first-order valence-electron chi connectivity index (χ1n) is 5.96. The van der Waals surface area contributed by atoms with E-state index in [4.69, 9.17) is 5.11 Å². The first kappa shape index (κ1) is 13.3. The van der Waals surface area contributed by atoms with E-state index >= 15 is 0 Å². The maximum atomic E-state index is 12.1. The standard InChI is InChI=1S/C14H15FN2O2/c15-7-13(18)9-16-12-4-1-10(2-5-12)11-3-6-14(19)17-8-11/h1-6,8,13,16,18H,7,9H2,(H,17,19). The molecular formula is C14H15FN2O2. The third-order valence-corrected chi connectivity index (χ3v) is 2.72. The van der Waals surface area contributed by atoms with Crippen LogP contribution in [0.4, 0.5) is 10.1 Å². The Morgan fingerprint density at radius 1 is 1.16 bits per heavy atom. The topological polar surface area (TPSA) is 65.1 Å². The summed E-state index contributed by atoms with van der Waals surface area (Å²) in [4.78, 5) is 13.6. The van der Waals surface area contributed by atoms with Gasteiger partial charge >= 0.3 is 0 Å². The van der Waals surface area contributed by atoms with Gasteiger partial charge in [-0.2, -0.15) is 0 Å². The molecule has 100 valence electrons. The summed E-state index contributed by atoms with van der Waals surface area (Å²) in [6, 6.07) is 10.7. The van der Waals surface area contributed by atoms with Crippen molar-refractivity contribution in [2.75, 3.05) is 18.5 Å². The van der Waals surface area contributed by atoms with E-state index in [2.05, 4.69) is 10.3 Å². The smallest absolute Gasteiger partial charge is 0.247 e. The van der Waals surface area contributed by atoms with Crippen molar-refractivity contribution in [3.05, 3.63) is 52.9 Å². The molecule has 0 aliphatic rings. The van der Waals surface area contributed by atoms with Gasteiger partial charge in [0, 0.05) is 24.5 Å². The highest BCUT2D eigenvalue weighted by Gasteiger charge is 2.02. The molecule has 1 aromatic heterocycles. The Kier molecular flexibility index (Phi) is 4.30. The molecule has 1 aromatic carbocycles. The van der Waals surface area contributed by atoms with E-state index in [-0.39, 0.29) is 12.1 Å². The number of aliphatic hydroxyl groups is 1. The van der Waals surface area contributed by atoms with Crippen LogP contribution in [0.1, 0.15) is 0 Å². The highest BCUT2D eigenvalue weighted by molar-refractivity contribution is 5.65. The molecule has 2 aromatic rings. The number of alkyl halides is 1. The average molecular weight is 262 g/mol.